The zero-order valence-electron chi connectivity index (χ0n) is 28.3. The third-order valence-corrected chi connectivity index (χ3v) is 8.44. The minimum absolute atomic E-state index is 0. The molecule has 5 aromatic carbocycles. The fraction of sp³-hybridized carbons (Fsp3) is 0.125. The molecule has 0 unspecified atom stereocenters. The first-order valence-electron chi connectivity index (χ1n) is 16.6. The fourth-order valence-electron chi connectivity index (χ4n) is 6.34. The van der Waals surface area contributed by atoms with E-state index in [1.807, 2.05) is 71.8 Å². The molecule has 8 rings (SSSR count). The maximum Gasteiger partial charge on any atom is 2.00 e. The van der Waals surface area contributed by atoms with Crippen molar-refractivity contribution < 1.29 is 29.9 Å². The summed E-state index contributed by atoms with van der Waals surface area (Å²) in [4.78, 5) is 8.20. The number of aromatic nitrogens is 2. The monoisotopic (exact) mass is 782 g/mol. The van der Waals surface area contributed by atoms with Gasteiger partial charge in [0.15, 0.2) is 0 Å². The van der Waals surface area contributed by atoms with Gasteiger partial charge in [-0.2, -0.15) is 12.1 Å². The van der Waals surface area contributed by atoms with Crippen LogP contribution < -0.4 is 14.5 Å². The van der Waals surface area contributed by atoms with E-state index in [0.717, 1.165) is 38.9 Å². The maximum atomic E-state index is 8.06. The van der Waals surface area contributed by atoms with Crippen LogP contribution in [0.3, 0.4) is 0 Å². The van der Waals surface area contributed by atoms with Crippen molar-refractivity contribution in [2.75, 3.05) is 23.4 Å². The van der Waals surface area contributed by atoms with E-state index in [1.165, 1.54) is 16.0 Å². The van der Waals surface area contributed by atoms with Crippen molar-refractivity contribution in [1.82, 2.24) is 9.55 Å². The number of nitrogens with zero attached hydrogens (tertiary/aromatic N) is 4. The predicted octanol–water partition coefficient (Wildman–Crippen LogP) is 9.90. The van der Waals surface area contributed by atoms with Gasteiger partial charge in [-0.25, -0.2) is 4.98 Å². The molecular weight excluding hydrogens is 748 g/mol. The van der Waals surface area contributed by atoms with Gasteiger partial charge >= 0.3 is 21.1 Å². The molecule has 0 atom stereocenters. The van der Waals surface area contributed by atoms with E-state index in [1.54, 1.807) is 0 Å². The molecule has 0 radical (unpaired) electrons. The molecule has 0 saturated heterocycles. The van der Waals surface area contributed by atoms with Crippen LogP contribution in [0, 0.1) is 12.1 Å². The van der Waals surface area contributed by atoms with Gasteiger partial charge in [0.05, 0.1) is 18.0 Å². The van der Waals surface area contributed by atoms with Gasteiger partial charge in [-0.1, -0.05) is 79.6 Å². The molecule has 0 spiro atoms. The van der Waals surface area contributed by atoms with Crippen molar-refractivity contribution in [2.45, 2.75) is 19.8 Å². The number of para-hydroxylation sites is 3. The summed E-state index contributed by atoms with van der Waals surface area (Å²) in [6, 6.07) is 45.1. The van der Waals surface area contributed by atoms with E-state index in [-0.39, 0.29) is 27.7 Å². The Morgan fingerprint density at radius 2 is 1.57 bits per heavy atom. The second-order valence-electron chi connectivity index (χ2n) is 11.6. The molecule has 6 heteroatoms. The summed E-state index contributed by atoms with van der Waals surface area (Å²) in [5.41, 5.74) is 7.67. The van der Waals surface area contributed by atoms with E-state index < -0.39 is 6.98 Å². The van der Waals surface area contributed by atoms with Crippen LogP contribution in [0.25, 0.3) is 38.8 Å². The van der Waals surface area contributed by atoms with E-state index >= 15 is 0 Å². The Balaban J connectivity index is 0.00000378. The average molecular weight is 783 g/mol. The van der Waals surface area contributed by atoms with Crippen molar-refractivity contribution >= 4 is 38.9 Å². The number of benzene rings is 5. The Labute approximate surface area is 288 Å². The first-order chi connectivity index (χ1) is 23.3. The van der Waals surface area contributed by atoms with Crippen LogP contribution in [0.5, 0.6) is 11.5 Å². The molecule has 0 N–H and O–H groups in total. The molecule has 2 aromatic heterocycles. The number of pyridine rings is 1. The minimum atomic E-state index is -2.27. The molecule has 3 heterocycles. The Morgan fingerprint density at radius 1 is 0.783 bits per heavy atom. The molecule has 228 valence electrons. The number of anilines is 3. The second-order valence-corrected chi connectivity index (χ2v) is 11.6. The number of fused-ring (bicyclic) bond motifs is 4. The van der Waals surface area contributed by atoms with Crippen LogP contribution in [-0.4, -0.2) is 23.2 Å². The van der Waals surface area contributed by atoms with Crippen LogP contribution in [-0.2, 0) is 21.1 Å². The van der Waals surface area contributed by atoms with Gasteiger partial charge in [0, 0.05) is 34.3 Å². The predicted molar refractivity (Wildman–Crippen MR) is 184 cm³/mol. The van der Waals surface area contributed by atoms with Gasteiger partial charge in [0.2, 0.25) is 0 Å². The van der Waals surface area contributed by atoms with Crippen LogP contribution in [0.4, 0.5) is 17.1 Å². The maximum absolute atomic E-state index is 8.06. The largest absolute Gasteiger partial charge is 2.00 e. The zero-order valence-corrected chi connectivity index (χ0v) is 27.6. The molecule has 0 amide bonds. The molecule has 1 aliphatic rings. The van der Waals surface area contributed by atoms with Crippen molar-refractivity contribution in [3.05, 3.63) is 139 Å². The number of ether oxygens (including phenoxy) is 1. The van der Waals surface area contributed by atoms with Gasteiger partial charge in [-0.3, -0.25) is 0 Å². The first-order valence-corrected chi connectivity index (χ1v) is 15.1. The zero-order chi connectivity index (χ0) is 33.0. The van der Waals surface area contributed by atoms with Gasteiger partial charge in [-0.05, 0) is 58.3 Å². The molecule has 5 nitrogen and oxygen atoms in total. The van der Waals surface area contributed by atoms with Crippen molar-refractivity contribution in [3.63, 3.8) is 0 Å². The summed E-state index contributed by atoms with van der Waals surface area (Å²) in [6.45, 7) is 2.34. The molecule has 46 heavy (non-hydrogen) atoms. The SMILES string of the molecule is [2H]C([2H])([2H])N1CN(c2[c-]c(Oc3[c-]c4c(cc3)c3ccccc3n4-c3cc(-c4ccccc4C(C)C)ccn3)ccc2)c2ccccc21.[Pt+2]. The van der Waals surface area contributed by atoms with Crippen LogP contribution in [0.2, 0.25) is 0 Å². The second kappa shape index (κ2) is 12.1. The Bertz CT molecular complexity index is 2320. The summed E-state index contributed by atoms with van der Waals surface area (Å²) >= 11 is 0. The van der Waals surface area contributed by atoms with Crippen molar-refractivity contribution in [3.8, 4) is 28.4 Å². The quantitative estimate of drug-likeness (QED) is 0.157. The molecule has 0 saturated carbocycles. The molecule has 7 aromatic rings. The topological polar surface area (TPSA) is 33.5 Å². The molecule has 0 bridgehead atoms. The summed E-state index contributed by atoms with van der Waals surface area (Å²) in [6.07, 6.45) is 1.87. The van der Waals surface area contributed by atoms with E-state index in [9.17, 15) is 0 Å². The molecule has 1 aliphatic heterocycles. The average Bonchev–Trinajstić information content (AvgIpc) is 3.65. The van der Waals surface area contributed by atoms with Gasteiger partial charge in [-0.15, -0.1) is 35.7 Å². The van der Waals surface area contributed by atoms with E-state index in [2.05, 4.69) is 85.1 Å². The summed E-state index contributed by atoms with van der Waals surface area (Å²) in [5.74, 6) is 2.22. The normalized spacial score (nSPS) is 13.8. The Hall–Kier alpha value is -4.86. The number of hydrogen-bond donors (Lipinski definition) is 0. The first kappa shape index (κ1) is 26.4. The smallest absolute Gasteiger partial charge is 0.509 e. The van der Waals surface area contributed by atoms with Crippen LogP contribution in [0.15, 0.2) is 121 Å². The number of rotatable bonds is 6. The third kappa shape index (κ3) is 5.15. The van der Waals surface area contributed by atoms with Gasteiger partial charge in [0.25, 0.3) is 0 Å². The third-order valence-electron chi connectivity index (χ3n) is 8.44. The van der Waals surface area contributed by atoms with Crippen LogP contribution >= 0.6 is 0 Å². The standard InChI is InChI=1S/C40H32N4O.Pt/c1-27(2)32-13-4-5-14-33(32)28-21-22-41-40(23-28)44-36-16-7-6-15-34(36)35-20-19-31(25-39(35)44)45-30-12-10-11-29(24-30)43-26-42(3)37-17-8-9-18-38(37)43;/h4-23,27H,26H2,1-3H3;/q-2;+2/i3D3;. The Morgan fingerprint density at radius 3 is 2.43 bits per heavy atom. The molecular formula is C40H32N4OPt. The summed E-state index contributed by atoms with van der Waals surface area (Å²) < 4.78 is 32.7. The minimum Gasteiger partial charge on any atom is -0.509 e. The van der Waals surface area contributed by atoms with Crippen molar-refractivity contribution in [2.24, 2.45) is 0 Å². The van der Waals surface area contributed by atoms with Gasteiger partial charge < -0.3 is 19.1 Å². The summed E-state index contributed by atoms with van der Waals surface area (Å²) in [5, 5.41) is 2.15. The number of hydrogen-bond acceptors (Lipinski definition) is 4. The van der Waals surface area contributed by atoms with Crippen LogP contribution in [0.1, 0.15) is 29.4 Å². The molecule has 0 aliphatic carbocycles. The fourth-order valence-corrected chi connectivity index (χ4v) is 6.34. The van der Waals surface area contributed by atoms with E-state index in [4.69, 9.17) is 13.8 Å². The van der Waals surface area contributed by atoms with E-state index in [0.29, 0.717) is 28.8 Å². The van der Waals surface area contributed by atoms with Gasteiger partial charge in [0.1, 0.15) is 5.82 Å². The summed E-state index contributed by atoms with van der Waals surface area (Å²) in [7, 11) is 0. The molecule has 0 fully saturated rings. The Kier molecular flexibility index (Phi) is 6.96. The van der Waals surface area contributed by atoms with Crippen molar-refractivity contribution in [1.29, 1.82) is 0 Å².